The van der Waals surface area contributed by atoms with Crippen molar-refractivity contribution in [2.24, 2.45) is 0 Å². The van der Waals surface area contributed by atoms with Crippen molar-refractivity contribution in [1.82, 2.24) is 15.5 Å². The van der Waals surface area contributed by atoms with Crippen LogP contribution in [0.3, 0.4) is 0 Å². The first kappa shape index (κ1) is 12.9. The Bertz CT molecular complexity index is 776. The van der Waals surface area contributed by atoms with Gasteiger partial charge in [-0.3, -0.25) is 0 Å². The normalized spacial score (nSPS) is 19.2. The molecular formula is C15H14FN3OS. The van der Waals surface area contributed by atoms with Gasteiger partial charge in [0.2, 0.25) is 0 Å². The highest BCUT2D eigenvalue weighted by atomic mass is 32.1. The Balaban J connectivity index is 1.67. The maximum atomic E-state index is 13.2. The number of hydrogen-bond acceptors (Lipinski definition) is 5. The van der Waals surface area contributed by atoms with Crippen molar-refractivity contribution in [1.29, 1.82) is 0 Å². The summed E-state index contributed by atoms with van der Waals surface area (Å²) in [4.78, 5) is 5.41. The molecule has 1 fully saturated rings. The summed E-state index contributed by atoms with van der Waals surface area (Å²) in [6, 6.07) is 6.74. The van der Waals surface area contributed by atoms with E-state index in [9.17, 15) is 4.39 Å². The van der Waals surface area contributed by atoms with Crippen molar-refractivity contribution in [2.45, 2.75) is 18.8 Å². The lowest BCUT2D eigenvalue weighted by Crippen LogP contribution is -2.28. The highest BCUT2D eigenvalue weighted by molar-refractivity contribution is 7.22. The number of halogens is 1. The summed E-state index contributed by atoms with van der Waals surface area (Å²) in [5.41, 5.74) is 0. The molecule has 2 aromatic heterocycles. The lowest BCUT2D eigenvalue weighted by molar-refractivity contribution is 0.393. The molecule has 1 aromatic carbocycles. The zero-order chi connectivity index (χ0) is 14.2. The Labute approximate surface area is 125 Å². The van der Waals surface area contributed by atoms with Crippen LogP contribution in [-0.2, 0) is 0 Å². The minimum Gasteiger partial charge on any atom is -0.333 e. The maximum Gasteiger partial charge on any atom is 0.268 e. The van der Waals surface area contributed by atoms with Crippen molar-refractivity contribution < 1.29 is 8.91 Å². The molecule has 3 heterocycles. The zero-order valence-electron chi connectivity index (χ0n) is 11.3. The third kappa shape index (κ3) is 2.45. The first-order chi connectivity index (χ1) is 10.3. The Morgan fingerprint density at radius 3 is 3.14 bits per heavy atom. The lowest BCUT2D eigenvalue weighted by atomic mass is 9.99. The number of nitrogens with zero attached hydrogens (tertiary/aromatic N) is 2. The van der Waals surface area contributed by atoms with Crippen molar-refractivity contribution in [3.63, 3.8) is 0 Å². The molecule has 0 radical (unpaired) electrons. The Morgan fingerprint density at radius 1 is 1.33 bits per heavy atom. The monoisotopic (exact) mass is 303 g/mol. The number of fused-ring (bicyclic) bond motifs is 1. The fraction of sp³-hybridized carbons (Fsp3) is 0.333. The molecule has 1 N–H and O–H groups in total. The lowest BCUT2D eigenvalue weighted by Gasteiger charge is -2.19. The van der Waals surface area contributed by atoms with Crippen LogP contribution >= 0.6 is 11.3 Å². The molecule has 0 amide bonds. The fourth-order valence-electron chi connectivity index (χ4n) is 2.68. The minimum absolute atomic E-state index is 0.226. The number of rotatable bonds is 2. The van der Waals surface area contributed by atoms with Gasteiger partial charge < -0.3 is 9.84 Å². The van der Waals surface area contributed by atoms with Gasteiger partial charge >= 0.3 is 0 Å². The Kier molecular flexibility index (Phi) is 3.20. The van der Waals surface area contributed by atoms with Crippen LogP contribution in [0, 0.1) is 5.82 Å². The van der Waals surface area contributed by atoms with Crippen molar-refractivity contribution in [2.75, 3.05) is 13.1 Å². The van der Waals surface area contributed by atoms with Gasteiger partial charge in [-0.15, -0.1) is 11.3 Å². The van der Waals surface area contributed by atoms with E-state index in [1.54, 1.807) is 6.07 Å². The van der Waals surface area contributed by atoms with Crippen LogP contribution in [-0.4, -0.2) is 23.2 Å². The number of thiophene rings is 1. The summed E-state index contributed by atoms with van der Waals surface area (Å²) in [5, 5.41) is 8.46. The molecule has 0 bridgehead atoms. The first-order valence-corrected chi connectivity index (χ1v) is 7.85. The van der Waals surface area contributed by atoms with E-state index < -0.39 is 0 Å². The first-order valence-electron chi connectivity index (χ1n) is 7.03. The van der Waals surface area contributed by atoms with Gasteiger partial charge in [-0.1, -0.05) is 11.2 Å². The van der Waals surface area contributed by atoms with Gasteiger partial charge in [0.05, 0.1) is 4.88 Å². The quantitative estimate of drug-likeness (QED) is 0.786. The van der Waals surface area contributed by atoms with Gasteiger partial charge in [0.25, 0.3) is 5.89 Å². The van der Waals surface area contributed by atoms with E-state index in [0.29, 0.717) is 11.8 Å². The molecule has 0 aliphatic carbocycles. The fourth-order valence-corrected chi connectivity index (χ4v) is 3.69. The summed E-state index contributed by atoms with van der Waals surface area (Å²) < 4.78 is 19.5. The summed E-state index contributed by atoms with van der Waals surface area (Å²) in [6.45, 7) is 1.96. The predicted molar refractivity (Wildman–Crippen MR) is 79.9 cm³/mol. The Morgan fingerprint density at radius 2 is 2.29 bits per heavy atom. The van der Waals surface area contributed by atoms with Gasteiger partial charge in [-0.05, 0) is 43.0 Å². The van der Waals surface area contributed by atoms with Crippen molar-refractivity contribution >= 4 is 21.4 Å². The number of nitrogens with one attached hydrogen (secondary N) is 1. The number of hydrogen-bond donors (Lipinski definition) is 1. The van der Waals surface area contributed by atoms with Crippen LogP contribution in [0.2, 0.25) is 0 Å². The van der Waals surface area contributed by atoms with Crippen LogP contribution in [0.1, 0.15) is 24.6 Å². The van der Waals surface area contributed by atoms with Crippen LogP contribution in [0.25, 0.3) is 20.9 Å². The molecule has 1 unspecified atom stereocenters. The van der Waals surface area contributed by atoms with Gasteiger partial charge in [-0.25, -0.2) is 4.39 Å². The van der Waals surface area contributed by atoms with Crippen molar-refractivity contribution in [3.05, 3.63) is 35.9 Å². The van der Waals surface area contributed by atoms with Crippen LogP contribution in [0.5, 0.6) is 0 Å². The summed E-state index contributed by atoms with van der Waals surface area (Å²) in [5.74, 6) is 1.39. The van der Waals surface area contributed by atoms with E-state index in [2.05, 4.69) is 15.5 Å². The maximum absolute atomic E-state index is 13.2. The minimum atomic E-state index is -0.226. The SMILES string of the molecule is Fc1ccc2cc(-c3nc(C4CCCNC4)no3)sc2c1. The second-order valence-corrected chi connectivity index (χ2v) is 6.38. The number of piperidine rings is 1. The smallest absolute Gasteiger partial charge is 0.268 e. The number of aromatic nitrogens is 2. The van der Waals surface area contributed by atoms with E-state index in [4.69, 9.17) is 4.52 Å². The predicted octanol–water partition coefficient (Wildman–Crippen LogP) is 3.56. The molecule has 4 nitrogen and oxygen atoms in total. The van der Waals surface area contributed by atoms with E-state index >= 15 is 0 Å². The second-order valence-electron chi connectivity index (χ2n) is 5.29. The van der Waals surface area contributed by atoms with E-state index in [-0.39, 0.29) is 5.82 Å². The zero-order valence-corrected chi connectivity index (χ0v) is 12.1. The van der Waals surface area contributed by atoms with Gasteiger partial charge in [0, 0.05) is 17.2 Å². The molecule has 108 valence electrons. The molecular weight excluding hydrogens is 289 g/mol. The topological polar surface area (TPSA) is 51.0 Å². The third-order valence-electron chi connectivity index (χ3n) is 3.80. The molecule has 3 aromatic rings. The average Bonchev–Trinajstić information content (AvgIpc) is 3.14. The van der Waals surface area contributed by atoms with Gasteiger partial charge in [-0.2, -0.15) is 4.98 Å². The largest absolute Gasteiger partial charge is 0.333 e. The highest BCUT2D eigenvalue weighted by Crippen LogP contribution is 2.33. The van der Waals surface area contributed by atoms with Gasteiger partial charge in [0.15, 0.2) is 5.82 Å². The van der Waals surface area contributed by atoms with E-state index in [1.165, 1.54) is 23.5 Å². The average molecular weight is 303 g/mol. The molecule has 0 spiro atoms. The molecule has 1 saturated heterocycles. The van der Waals surface area contributed by atoms with Crippen molar-refractivity contribution in [3.8, 4) is 10.8 Å². The molecule has 1 aliphatic heterocycles. The van der Waals surface area contributed by atoms with Crippen LogP contribution in [0.15, 0.2) is 28.8 Å². The molecule has 21 heavy (non-hydrogen) atoms. The van der Waals surface area contributed by atoms with Gasteiger partial charge in [0.1, 0.15) is 5.82 Å². The molecule has 4 rings (SSSR count). The summed E-state index contributed by atoms with van der Waals surface area (Å²) in [6.07, 6.45) is 2.22. The summed E-state index contributed by atoms with van der Waals surface area (Å²) >= 11 is 1.47. The molecule has 1 aliphatic rings. The second kappa shape index (κ2) is 5.20. The van der Waals surface area contributed by atoms with E-state index in [0.717, 1.165) is 46.7 Å². The van der Waals surface area contributed by atoms with Crippen LogP contribution in [0.4, 0.5) is 4.39 Å². The molecule has 6 heteroatoms. The van der Waals surface area contributed by atoms with E-state index in [1.807, 2.05) is 6.07 Å². The summed E-state index contributed by atoms with van der Waals surface area (Å²) in [7, 11) is 0. The third-order valence-corrected chi connectivity index (χ3v) is 4.88. The highest BCUT2D eigenvalue weighted by Gasteiger charge is 2.21. The Hall–Kier alpha value is -1.79. The molecule has 0 saturated carbocycles. The number of benzene rings is 1. The molecule has 1 atom stereocenters. The van der Waals surface area contributed by atoms with Crippen LogP contribution < -0.4 is 5.32 Å². The standard InChI is InChI=1S/C15H14FN3OS/c16-11-4-3-9-6-13(21-12(9)7-11)15-18-14(19-20-15)10-2-1-5-17-8-10/h3-4,6-7,10,17H,1-2,5,8H2.